The Labute approximate surface area is 205 Å². The van der Waals surface area contributed by atoms with Crippen LogP contribution in [0.2, 0.25) is 0 Å². The minimum atomic E-state index is -0.470. The average molecular weight is 478 g/mol. The van der Waals surface area contributed by atoms with Gasteiger partial charge in [0.1, 0.15) is 12.4 Å². The number of rotatable bonds is 4. The lowest BCUT2D eigenvalue weighted by Crippen LogP contribution is -2.49. The van der Waals surface area contributed by atoms with Crippen LogP contribution in [0.15, 0.2) is 30.5 Å². The van der Waals surface area contributed by atoms with Crippen molar-refractivity contribution in [2.45, 2.75) is 39.7 Å². The van der Waals surface area contributed by atoms with Gasteiger partial charge in [-0.05, 0) is 56.5 Å². The number of amides is 3. The van der Waals surface area contributed by atoms with E-state index in [9.17, 15) is 14.4 Å². The van der Waals surface area contributed by atoms with Gasteiger partial charge < -0.3 is 19.4 Å². The first-order valence-electron chi connectivity index (χ1n) is 12.2. The van der Waals surface area contributed by atoms with E-state index in [2.05, 4.69) is 22.9 Å². The van der Waals surface area contributed by atoms with Crippen LogP contribution in [0.5, 0.6) is 0 Å². The number of cyclic esters (lactones) is 1. The van der Waals surface area contributed by atoms with Gasteiger partial charge >= 0.3 is 6.09 Å². The van der Waals surface area contributed by atoms with Crippen molar-refractivity contribution in [1.82, 2.24) is 9.88 Å². The van der Waals surface area contributed by atoms with Gasteiger partial charge in [-0.1, -0.05) is 6.07 Å². The maximum atomic E-state index is 13.6. The number of pyridine rings is 1. The Morgan fingerprint density at radius 1 is 1.06 bits per heavy atom. The van der Waals surface area contributed by atoms with E-state index < -0.39 is 6.09 Å². The highest BCUT2D eigenvalue weighted by Crippen LogP contribution is 2.34. The standard InChI is InChI=1S/C26H31N5O4/c1-17-14-18(2)24(27-16-17)28-8-10-29(11-9-28)25(33)21-6-5-20(31-19(3)4-7-23(31)32)15-22(21)30-12-13-35-26(30)34/h5-6,14-16,19H,4,7-13H2,1-3H3. The molecule has 1 aromatic carbocycles. The van der Waals surface area contributed by atoms with Crippen LogP contribution in [-0.4, -0.2) is 73.2 Å². The molecule has 0 N–H and O–H groups in total. The highest BCUT2D eigenvalue weighted by Gasteiger charge is 2.34. The molecule has 0 bridgehead atoms. The number of hydrogen-bond acceptors (Lipinski definition) is 6. The molecule has 2 aromatic rings. The molecule has 35 heavy (non-hydrogen) atoms. The van der Waals surface area contributed by atoms with Gasteiger partial charge in [-0.15, -0.1) is 0 Å². The van der Waals surface area contributed by atoms with E-state index in [0.717, 1.165) is 23.4 Å². The van der Waals surface area contributed by atoms with Gasteiger partial charge in [-0.3, -0.25) is 14.5 Å². The summed E-state index contributed by atoms with van der Waals surface area (Å²) in [6, 6.07) is 7.54. The van der Waals surface area contributed by atoms with E-state index in [1.54, 1.807) is 17.0 Å². The SMILES string of the molecule is Cc1cnc(N2CCN(C(=O)c3ccc(N4C(=O)CCC4C)cc3N3CCOC3=O)CC2)c(C)c1. The third-order valence-electron chi connectivity index (χ3n) is 7.08. The summed E-state index contributed by atoms with van der Waals surface area (Å²) in [4.78, 5) is 50.4. The molecular weight excluding hydrogens is 446 g/mol. The number of aryl methyl sites for hydroxylation is 2. The van der Waals surface area contributed by atoms with Crippen LogP contribution in [0.3, 0.4) is 0 Å². The molecule has 4 heterocycles. The quantitative estimate of drug-likeness (QED) is 0.673. The monoisotopic (exact) mass is 477 g/mol. The van der Waals surface area contributed by atoms with E-state index in [-0.39, 0.29) is 24.5 Å². The fourth-order valence-electron chi connectivity index (χ4n) is 5.24. The highest BCUT2D eigenvalue weighted by atomic mass is 16.6. The Morgan fingerprint density at radius 3 is 2.46 bits per heavy atom. The number of nitrogens with zero attached hydrogens (tertiary/aromatic N) is 5. The van der Waals surface area contributed by atoms with E-state index in [0.29, 0.717) is 56.1 Å². The summed E-state index contributed by atoms with van der Waals surface area (Å²) in [6.07, 6.45) is 2.69. The predicted octanol–water partition coefficient (Wildman–Crippen LogP) is 3.13. The molecule has 3 amide bonds. The zero-order valence-corrected chi connectivity index (χ0v) is 20.5. The Balaban J connectivity index is 1.39. The van der Waals surface area contributed by atoms with Crippen molar-refractivity contribution in [2.24, 2.45) is 0 Å². The second-order valence-corrected chi connectivity index (χ2v) is 9.55. The summed E-state index contributed by atoms with van der Waals surface area (Å²) in [5, 5.41) is 0. The minimum Gasteiger partial charge on any atom is -0.447 e. The summed E-state index contributed by atoms with van der Waals surface area (Å²) < 4.78 is 5.16. The average Bonchev–Trinajstić information content (AvgIpc) is 3.42. The third-order valence-corrected chi connectivity index (χ3v) is 7.08. The van der Waals surface area contributed by atoms with Gasteiger partial charge in [-0.2, -0.15) is 0 Å². The molecule has 1 aromatic heterocycles. The van der Waals surface area contributed by atoms with Crippen LogP contribution in [0, 0.1) is 13.8 Å². The first kappa shape index (κ1) is 23.1. The normalized spacial score (nSPS) is 20.6. The van der Waals surface area contributed by atoms with Crippen LogP contribution in [0.4, 0.5) is 22.0 Å². The Hall–Kier alpha value is -3.62. The number of benzene rings is 1. The first-order valence-corrected chi connectivity index (χ1v) is 12.2. The van der Waals surface area contributed by atoms with Crippen molar-refractivity contribution >= 4 is 35.1 Å². The van der Waals surface area contributed by atoms with Crippen molar-refractivity contribution < 1.29 is 19.1 Å². The predicted molar refractivity (Wildman–Crippen MR) is 133 cm³/mol. The highest BCUT2D eigenvalue weighted by molar-refractivity contribution is 6.06. The molecule has 0 spiro atoms. The smallest absolute Gasteiger partial charge is 0.414 e. The number of ether oxygens (including phenoxy) is 1. The van der Waals surface area contributed by atoms with Crippen LogP contribution >= 0.6 is 0 Å². The van der Waals surface area contributed by atoms with Crippen LogP contribution in [-0.2, 0) is 9.53 Å². The lowest BCUT2D eigenvalue weighted by molar-refractivity contribution is -0.117. The molecule has 0 aliphatic carbocycles. The topological polar surface area (TPSA) is 86.3 Å². The first-order chi connectivity index (χ1) is 16.8. The number of hydrogen-bond donors (Lipinski definition) is 0. The molecule has 0 saturated carbocycles. The van der Waals surface area contributed by atoms with Gasteiger partial charge in [-0.25, -0.2) is 9.78 Å². The van der Waals surface area contributed by atoms with Gasteiger partial charge in [0.25, 0.3) is 5.91 Å². The van der Waals surface area contributed by atoms with E-state index in [1.807, 2.05) is 31.0 Å². The third kappa shape index (κ3) is 4.31. The lowest BCUT2D eigenvalue weighted by atomic mass is 10.1. The molecule has 3 fully saturated rings. The molecule has 184 valence electrons. The molecule has 1 unspecified atom stereocenters. The molecule has 3 saturated heterocycles. The van der Waals surface area contributed by atoms with Crippen molar-refractivity contribution in [2.75, 3.05) is 54.0 Å². The van der Waals surface area contributed by atoms with E-state index in [4.69, 9.17) is 4.74 Å². The van der Waals surface area contributed by atoms with Crippen molar-refractivity contribution in [1.29, 1.82) is 0 Å². The van der Waals surface area contributed by atoms with Gasteiger partial charge in [0, 0.05) is 50.5 Å². The number of carbonyl (C=O) groups is 3. The zero-order chi connectivity index (χ0) is 24.7. The largest absolute Gasteiger partial charge is 0.447 e. The molecule has 9 nitrogen and oxygen atoms in total. The van der Waals surface area contributed by atoms with Gasteiger partial charge in [0.05, 0.1) is 17.8 Å². The number of piperazine rings is 1. The van der Waals surface area contributed by atoms with Crippen molar-refractivity contribution in [3.63, 3.8) is 0 Å². The Bertz CT molecular complexity index is 1170. The lowest BCUT2D eigenvalue weighted by Gasteiger charge is -2.36. The fourth-order valence-corrected chi connectivity index (χ4v) is 5.24. The van der Waals surface area contributed by atoms with Gasteiger partial charge in [0.15, 0.2) is 0 Å². The zero-order valence-electron chi connectivity index (χ0n) is 20.5. The summed E-state index contributed by atoms with van der Waals surface area (Å²) in [6.45, 7) is 9.22. The number of aromatic nitrogens is 1. The Morgan fingerprint density at radius 2 is 1.83 bits per heavy atom. The summed E-state index contributed by atoms with van der Waals surface area (Å²) in [7, 11) is 0. The molecule has 1 atom stereocenters. The summed E-state index contributed by atoms with van der Waals surface area (Å²) >= 11 is 0. The molecule has 0 radical (unpaired) electrons. The van der Waals surface area contributed by atoms with E-state index >= 15 is 0 Å². The second-order valence-electron chi connectivity index (χ2n) is 9.55. The van der Waals surface area contributed by atoms with E-state index in [1.165, 1.54) is 4.90 Å². The van der Waals surface area contributed by atoms with Crippen LogP contribution < -0.4 is 14.7 Å². The molecular formula is C26H31N5O4. The van der Waals surface area contributed by atoms with Gasteiger partial charge in [0.2, 0.25) is 5.91 Å². The number of carbonyl (C=O) groups excluding carboxylic acids is 3. The second kappa shape index (κ2) is 9.20. The number of anilines is 3. The maximum absolute atomic E-state index is 13.6. The van der Waals surface area contributed by atoms with Crippen molar-refractivity contribution in [3.05, 3.63) is 47.2 Å². The molecule has 9 heteroatoms. The van der Waals surface area contributed by atoms with Crippen molar-refractivity contribution in [3.8, 4) is 0 Å². The summed E-state index contributed by atoms with van der Waals surface area (Å²) in [5.74, 6) is 0.889. The molecule has 3 aliphatic heterocycles. The molecule has 5 rings (SSSR count). The van der Waals surface area contributed by atoms with Crippen LogP contribution in [0.25, 0.3) is 0 Å². The van der Waals surface area contributed by atoms with Crippen LogP contribution in [0.1, 0.15) is 41.3 Å². The molecule has 3 aliphatic rings. The minimum absolute atomic E-state index is 0.0580. The Kier molecular flexibility index (Phi) is 6.08. The fraction of sp³-hybridized carbons (Fsp3) is 0.462. The maximum Gasteiger partial charge on any atom is 0.414 e. The summed E-state index contributed by atoms with van der Waals surface area (Å²) in [5.41, 5.74) is 3.91.